The molecule has 0 saturated heterocycles. The number of ether oxygens (including phenoxy) is 1. The Kier molecular flexibility index (Phi) is 4.92. The second-order valence-corrected chi connectivity index (χ2v) is 7.05. The summed E-state index contributed by atoms with van der Waals surface area (Å²) in [6, 6.07) is 5.40. The van der Waals surface area contributed by atoms with Gasteiger partial charge in [-0.1, -0.05) is 29.8 Å². The van der Waals surface area contributed by atoms with E-state index in [4.69, 9.17) is 4.74 Å². The maximum Gasteiger partial charge on any atom is 0.296 e. The first-order chi connectivity index (χ1) is 13.4. The fourth-order valence-electron chi connectivity index (χ4n) is 3.40. The van der Waals surface area contributed by atoms with Crippen LogP contribution in [0.1, 0.15) is 24.0 Å². The zero-order chi connectivity index (χ0) is 19.7. The highest BCUT2D eigenvalue weighted by atomic mass is 19.3. The Bertz CT molecular complexity index is 946. The van der Waals surface area contributed by atoms with Gasteiger partial charge in [0.15, 0.2) is 5.65 Å². The maximum atomic E-state index is 14.8. The van der Waals surface area contributed by atoms with Gasteiger partial charge in [-0.25, -0.2) is 14.4 Å². The summed E-state index contributed by atoms with van der Waals surface area (Å²) in [5.41, 5.74) is 1.30. The number of nitrogens with zero attached hydrogens (tertiary/aromatic N) is 3. The number of aromatic amines is 1. The lowest BCUT2D eigenvalue weighted by atomic mass is 10.1. The van der Waals surface area contributed by atoms with E-state index in [1.54, 1.807) is 18.3 Å². The molecule has 1 fully saturated rings. The van der Waals surface area contributed by atoms with E-state index in [1.165, 1.54) is 18.5 Å². The van der Waals surface area contributed by atoms with Gasteiger partial charge in [0.2, 0.25) is 0 Å². The fraction of sp³-hybridized carbons (Fsp3) is 0.421. The van der Waals surface area contributed by atoms with Gasteiger partial charge in [0.25, 0.3) is 5.92 Å². The monoisotopic (exact) mass is 391 g/mol. The third-order valence-electron chi connectivity index (χ3n) is 5.02. The molecule has 148 valence electrons. The highest BCUT2D eigenvalue weighted by Crippen LogP contribution is 2.33. The van der Waals surface area contributed by atoms with Gasteiger partial charge in [0.1, 0.15) is 24.9 Å². The average Bonchev–Trinajstić information content (AvgIpc) is 3.29. The lowest BCUT2D eigenvalue weighted by Gasteiger charge is -2.23. The highest BCUT2D eigenvalue weighted by molar-refractivity contribution is 5.85. The molecule has 0 bridgehead atoms. The Hall–Kier alpha value is -2.68. The summed E-state index contributed by atoms with van der Waals surface area (Å²) in [4.78, 5) is 8.15. The van der Waals surface area contributed by atoms with Gasteiger partial charge in [-0.05, 0) is 19.8 Å². The van der Waals surface area contributed by atoms with Crippen LogP contribution in [-0.2, 0) is 10.7 Å². The largest absolute Gasteiger partial charge is 0.368 e. The molecule has 0 spiro atoms. The molecule has 0 amide bonds. The fourth-order valence-corrected chi connectivity index (χ4v) is 3.40. The van der Waals surface area contributed by atoms with Crippen LogP contribution in [0.5, 0.6) is 0 Å². The number of aryl methyl sites for hydroxylation is 1. The molecular formula is C19H20F3N5O. The summed E-state index contributed by atoms with van der Waals surface area (Å²) < 4.78 is 48.8. The van der Waals surface area contributed by atoms with E-state index in [9.17, 15) is 13.2 Å². The van der Waals surface area contributed by atoms with Crippen LogP contribution in [0.15, 0.2) is 36.8 Å². The van der Waals surface area contributed by atoms with Crippen molar-refractivity contribution >= 4 is 16.9 Å². The van der Waals surface area contributed by atoms with E-state index in [1.807, 2.05) is 6.92 Å². The van der Waals surface area contributed by atoms with Crippen molar-refractivity contribution in [1.29, 1.82) is 0 Å². The van der Waals surface area contributed by atoms with E-state index in [-0.39, 0.29) is 5.56 Å². The van der Waals surface area contributed by atoms with Crippen molar-refractivity contribution < 1.29 is 17.9 Å². The Morgan fingerprint density at radius 1 is 1.21 bits per heavy atom. The number of H-pyrrole nitrogens is 1. The number of halogens is 3. The molecule has 6 nitrogen and oxygen atoms in total. The van der Waals surface area contributed by atoms with Crippen LogP contribution in [0, 0.1) is 6.92 Å². The van der Waals surface area contributed by atoms with Gasteiger partial charge in [0, 0.05) is 5.56 Å². The van der Waals surface area contributed by atoms with Crippen molar-refractivity contribution in [2.75, 3.05) is 11.9 Å². The normalized spacial score (nSPS) is 22.6. The predicted octanol–water partition coefficient (Wildman–Crippen LogP) is 3.75. The van der Waals surface area contributed by atoms with Crippen molar-refractivity contribution in [3.05, 3.63) is 47.9 Å². The molecule has 28 heavy (non-hydrogen) atoms. The van der Waals surface area contributed by atoms with Crippen LogP contribution in [0.3, 0.4) is 0 Å². The Morgan fingerprint density at radius 3 is 2.79 bits per heavy atom. The molecule has 1 unspecified atom stereocenters. The standard InChI is InChI=1S/C19H20F3N5O/c1-11-2-4-12(5-3-11)19(21,22)9-28-15-7-6-14(16(15)20)26-17-13-8-25-27-18(13)24-10-23-17/h2-5,8,10,14-16H,6-7,9H2,1H3,(H2,23,24,25,26,27)/t14-,15?,16-/m0/s1. The molecule has 0 aliphatic heterocycles. The number of anilines is 1. The van der Waals surface area contributed by atoms with E-state index in [2.05, 4.69) is 25.5 Å². The van der Waals surface area contributed by atoms with Crippen LogP contribution in [0.25, 0.3) is 11.0 Å². The minimum Gasteiger partial charge on any atom is -0.368 e. The summed E-state index contributed by atoms with van der Waals surface area (Å²) in [6.07, 6.45) is 1.38. The van der Waals surface area contributed by atoms with Crippen LogP contribution in [-0.4, -0.2) is 45.1 Å². The number of benzene rings is 1. The van der Waals surface area contributed by atoms with Crippen molar-refractivity contribution in [2.45, 2.75) is 44.0 Å². The van der Waals surface area contributed by atoms with Gasteiger partial charge >= 0.3 is 0 Å². The molecule has 1 aliphatic rings. The van der Waals surface area contributed by atoms with E-state index in [0.29, 0.717) is 29.7 Å². The van der Waals surface area contributed by atoms with E-state index >= 15 is 0 Å². The van der Waals surface area contributed by atoms with Crippen molar-refractivity contribution in [3.8, 4) is 0 Å². The molecular weight excluding hydrogens is 371 g/mol. The zero-order valence-corrected chi connectivity index (χ0v) is 15.2. The molecule has 1 aromatic carbocycles. The third-order valence-corrected chi connectivity index (χ3v) is 5.02. The first-order valence-electron chi connectivity index (χ1n) is 9.05. The van der Waals surface area contributed by atoms with Crippen molar-refractivity contribution in [3.63, 3.8) is 0 Å². The van der Waals surface area contributed by atoms with Crippen LogP contribution in [0.4, 0.5) is 19.0 Å². The van der Waals surface area contributed by atoms with Crippen LogP contribution < -0.4 is 5.32 Å². The second kappa shape index (κ2) is 7.38. The SMILES string of the molecule is Cc1ccc(C(F)(F)COC2CC[C@H](Nc3ncnc4[nH]ncc34)[C@@H]2F)cc1. The predicted molar refractivity (Wildman–Crippen MR) is 98.0 cm³/mol. The topological polar surface area (TPSA) is 75.7 Å². The molecule has 3 atom stereocenters. The molecule has 2 heterocycles. The van der Waals surface area contributed by atoms with Gasteiger partial charge in [0.05, 0.1) is 23.7 Å². The number of fused-ring (bicyclic) bond motifs is 1. The molecule has 4 rings (SSSR count). The quantitative estimate of drug-likeness (QED) is 0.669. The molecule has 3 aromatic rings. The Labute approximate surface area is 159 Å². The summed E-state index contributed by atoms with van der Waals surface area (Å²) in [7, 11) is 0. The van der Waals surface area contributed by atoms with Gasteiger partial charge in [-0.2, -0.15) is 13.9 Å². The molecule has 2 N–H and O–H groups in total. The summed E-state index contributed by atoms with van der Waals surface area (Å²) in [5.74, 6) is -2.72. The number of nitrogens with one attached hydrogen (secondary N) is 2. The Balaban J connectivity index is 1.38. The lowest BCUT2D eigenvalue weighted by molar-refractivity contribution is -0.114. The molecule has 2 aromatic heterocycles. The third kappa shape index (κ3) is 3.66. The van der Waals surface area contributed by atoms with E-state index < -0.39 is 30.8 Å². The summed E-state index contributed by atoms with van der Waals surface area (Å²) >= 11 is 0. The second-order valence-electron chi connectivity index (χ2n) is 7.05. The number of alkyl halides is 3. The van der Waals surface area contributed by atoms with Gasteiger partial charge < -0.3 is 10.1 Å². The first-order valence-corrected chi connectivity index (χ1v) is 9.05. The zero-order valence-electron chi connectivity index (χ0n) is 15.2. The maximum absolute atomic E-state index is 14.8. The summed E-state index contributed by atoms with van der Waals surface area (Å²) in [6.45, 7) is 0.972. The molecule has 0 radical (unpaired) electrons. The number of hydrogen-bond donors (Lipinski definition) is 2. The first kappa shape index (κ1) is 18.7. The average molecular weight is 391 g/mol. The summed E-state index contributed by atoms with van der Waals surface area (Å²) in [5, 5.41) is 10.3. The molecule has 1 saturated carbocycles. The van der Waals surface area contributed by atoms with Crippen molar-refractivity contribution in [2.24, 2.45) is 0 Å². The minimum atomic E-state index is -3.17. The number of aromatic nitrogens is 4. The van der Waals surface area contributed by atoms with Crippen LogP contribution in [0.2, 0.25) is 0 Å². The number of hydrogen-bond acceptors (Lipinski definition) is 5. The molecule has 1 aliphatic carbocycles. The van der Waals surface area contributed by atoms with E-state index in [0.717, 1.165) is 5.56 Å². The minimum absolute atomic E-state index is 0.135. The van der Waals surface area contributed by atoms with Gasteiger partial charge in [-0.15, -0.1) is 0 Å². The highest BCUT2D eigenvalue weighted by Gasteiger charge is 2.40. The Morgan fingerprint density at radius 2 is 2.00 bits per heavy atom. The van der Waals surface area contributed by atoms with Crippen molar-refractivity contribution in [1.82, 2.24) is 20.2 Å². The van der Waals surface area contributed by atoms with Crippen LogP contribution >= 0.6 is 0 Å². The number of rotatable bonds is 6. The molecule has 9 heteroatoms. The lowest BCUT2D eigenvalue weighted by Crippen LogP contribution is -2.35. The van der Waals surface area contributed by atoms with Gasteiger partial charge in [-0.3, -0.25) is 5.10 Å². The smallest absolute Gasteiger partial charge is 0.296 e.